The number of piperidine rings is 1. The smallest absolute Gasteiger partial charge is 0.222 e. The first kappa shape index (κ1) is 20.1. The topological polar surface area (TPSA) is 49.4 Å². The van der Waals surface area contributed by atoms with Crippen molar-refractivity contribution in [3.8, 4) is 0 Å². The largest absolute Gasteiger partial charge is 0.353 e. The first-order valence-electron chi connectivity index (χ1n) is 10.3. The summed E-state index contributed by atoms with van der Waals surface area (Å²) >= 11 is 0. The number of hydrogen-bond donors (Lipinski definition) is 1. The molecule has 1 heterocycles. The molecule has 0 saturated carbocycles. The minimum Gasteiger partial charge on any atom is -0.353 e. The second-order valence-corrected chi connectivity index (χ2v) is 7.69. The Morgan fingerprint density at radius 1 is 0.893 bits per heavy atom. The third-order valence-corrected chi connectivity index (χ3v) is 5.44. The van der Waals surface area contributed by atoms with E-state index in [0.29, 0.717) is 12.8 Å². The van der Waals surface area contributed by atoms with Gasteiger partial charge in [-0.3, -0.25) is 9.59 Å². The summed E-state index contributed by atoms with van der Waals surface area (Å²) in [7, 11) is 0. The number of nitrogens with zero attached hydrogens (tertiary/aromatic N) is 1. The van der Waals surface area contributed by atoms with Crippen molar-refractivity contribution in [2.45, 2.75) is 51.5 Å². The van der Waals surface area contributed by atoms with Crippen molar-refractivity contribution in [2.24, 2.45) is 0 Å². The van der Waals surface area contributed by atoms with Crippen molar-refractivity contribution in [3.05, 3.63) is 71.3 Å². The number of benzene rings is 2. The van der Waals surface area contributed by atoms with Crippen LogP contribution < -0.4 is 5.32 Å². The highest BCUT2D eigenvalue weighted by atomic mass is 16.2. The summed E-state index contributed by atoms with van der Waals surface area (Å²) in [6, 6.07) is 18.6. The van der Waals surface area contributed by atoms with Crippen LogP contribution in [0.3, 0.4) is 0 Å². The standard InChI is InChI=1S/C24H30N2O2/c1-19-7-9-21(10-8-19)11-13-23(27)25-22-15-17-26(18-16-22)24(28)14-12-20-5-3-2-4-6-20/h2-10,22H,11-18H2,1H3,(H,25,27). The van der Waals surface area contributed by atoms with E-state index in [1.807, 2.05) is 23.1 Å². The molecule has 0 aliphatic carbocycles. The molecule has 4 heteroatoms. The Hall–Kier alpha value is -2.62. The van der Waals surface area contributed by atoms with E-state index < -0.39 is 0 Å². The number of aryl methyl sites for hydroxylation is 3. The van der Waals surface area contributed by atoms with Crippen LogP contribution in [0.1, 0.15) is 42.4 Å². The summed E-state index contributed by atoms with van der Waals surface area (Å²) in [5.41, 5.74) is 3.63. The SMILES string of the molecule is Cc1ccc(CCC(=O)NC2CCN(C(=O)CCc3ccccc3)CC2)cc1. The lowest BCUT2D eigenvalue weighted by Crippen LogP contribution is -2.46. The average Bonchev–Trinajstić information content (AvgIpc) is 2.73. The van der Waals surface area contributed by atoms with E-state index in [1.165, 1.54) is 16.7 Å². The molecule has 2 aromatic rings. The maximum atomic E-state index is 12.4. The van der Waals surface area contributed by atoms with Crippen LogP contribution >= 0.6 is 0 Å². The van der Waals surface area contributed by atoms with Crippen LogP contribution in [0.2, 0.25) is 0 Å². The summed E-state index contributed by atoms with van der Waals surface area (Å²) in [5, 5.41) is 3.14. The van der Waals surface area contributed by atoms with Crippen LogP contribution in [0.15, 0.2) is 54.6 Å². The molecular formula is C24H30N2O2. The monoisotopic (exact) mass is 378 g/mol. The summed E-state index contributed by atoms with van der Waals surface area (Å²) in [6.45, 7) is 3.53. The van der Waals surface area contributed by atoms with Crippen LogP contribution in [-0.4, -0.2) is 35.8 Å². The van der Waals surface area contributed by atoms with Crippen molar-refractivity contribution >= 4 is 11.8 Å². The second kappa shape index (κ2) is 10.1. The molecule has 3 rings (SSSR count). The predicted molar refractivity (Wildman–Crippen MR) is 112 cm³/mol. The fourth-order valence-electron chi connectivity index (χ4n) is 3.64. The number of rotatable bonds is 7. The normalized spacial score (nSPS) is 14.7. The van der Waals surface area contributed by atoms with Crippen molar-refractivity contribution in [2.75, 3.05) is 13.1 Å². The molecule has 148 valence electrons. The quantitative estimate of drug-likeness (QED) is 0.799. The highest BCUT2D eigenvalue weighted by Gasteiger charge is 2.23. The van der Waals surface area contributed by atoms with Gasteiger partial charge in [0.25, 0.3) is 0 Å². The zero-order chi connectivity index (χ0) is 19.8. The van der Waals surface area contributed by atoms with Gasteiger partial charge in [0, 0.05) is 32.0 Å². The molecule has 0 radical (unpaired) electrons. The molecule has 4 nitrogen and oxygen atoms in total. The van der Waals surface area contributed by atoms with Gasteiger partial charge in [-0.15, -0.1) is 0 Å². The molecule has 0 unspecified atom stereocenters. The zero-order valence-electron chi connectivity index (χ0n) is 16.7. The van der Waals surface area contributed by atoms with Crippen molar-refractivity contribution < 1.29 is 9.59 Å². The van der Waals surface area contributed by atoms with Gasteiger partial charge in [-0.2, -0.15) is 0 Å². The summed E-state index contributed by atoms with van der Waals surface area (Å²) in [4.78, 5) is 26.6. The molecule has 0 bridgehead atoms. The molecule has 1 fully saturated rings. The number of nitrogens with one attached hydrogen (secondary N) is 1. The second-order valence-electron chi connectivity index (χ2n) is 7.69. The Labute approximate surface area is 167 Å². The van der Waals surface area contributed by atoms with Gasteiger partial charge < -0.3 is 10.2 Å². The van der Waals surface area contributed by atoms with Crippen molar-refractivity contribution in [1.82, 2.24) is 10.2 Å². The molecule has 28 heavy (non-hydrogen) atoms. The van der Waals surface area contributed by atoms with Gasteiger partial charge >= 0.3 is 0 Å². The molecule has 1 saturated heterocycles. The Morgan fingerprint density at radius 2 is 1.50 bits per heavy atom. The first-order chi connectivity index (χ1) is 13.6. The summed E-state index contributed by atoms with van der Waals surface area (Å²) < 4.78 is 0. The molecule has 2 aromatic carbocycles. The molecule has 0 atom stereocenters. The minimum atomic E-state index is 0.106. The fourth-order valence-corrected chi connectivity index (χ4v) is 3.64. The minimum absolute atomic E-state index is 0.106. The Bertz CT molecular complexity index is 763. The zero-order valence-corrected chi connectivity index (χ0v) is 16.7. The number of carbonyl (C=O) groups is 2. The Kier molecular flexibility index (Phi) is 7.24. The van der Waals surface area contributed by atoms with E-state index in [1.54, 1.807) is 0 Å². The van der Waals surface area contributed by atoms with E-state index in [-0.39, 0.29) is 17.9 Å². The van der Waals surface area contributed by atoms with E-state index in [0.717, 1.165) is 38.8 Å². The highest BCUT2D eigenvalue weighted by molar-refractivity contribution is 5.77. The Balaban J connectivity index is 1.34. The predicted octanol–water partition coefficient (Wildman–Crippen LogP) is 3.67. The highest BCUT2D eigenvalue weighted by Crippen LogP contribution is 2.14. The molecule has 1 N–H and O–H groups in total. The summed E-state index contributed by atoms with van der Waals surface area (Å²) in [5.74, 6) is 0.322. The number of carbonyl (C=O) groups excluding carboxylic acids is 2. The number of likely N-dealkylation sites (tertiary alicyclic amines) is 1. The van der Waals surface area contributed by atoms with Crippen LogP contribution in [0, 0.1) is 6.92 Å². The van der Waals surface area contributed by atoms with Gasteiger partial charge in [-0.05, 0) is 43.7 Å². The van der Waals surface area contributed by atoms with Gasteiger partial charge in [0.2, 0.25) is 11.8 Å². The van der Waals surface area contributed by atoms with Crippen LogP contribution in [-0.2, 0) is 22.4 Å². The van der Waals surface area contributed by atoms with Crippen LogP contribution in [0.4, 0.5) is 0 Å². The molecule has 2 amide bonds. The average molecular weight is 379 g/mol. The third kappa shape index (κ3) is 6.22. The number of amides is 2. The lowest BCUT2D eigenvalue weighted by atomic mass is 10.0. The van der Waals surface area contributed by atoms with E-state index in [2.05, 4.69) is 48.6 Å². The van der Waals surface area contributed by atoms with Gasteiger partial charge in [0.15, 0.2) is 0 Å². The van der Waals surface area contributed by atoms with Crippen molar-refractivity contribution in [3.63, 3.8) is 0 Å². The summed E-state index contributed by atoms with van der Waals surface area (Å²) in [6.07, 6.45) is 4.30. The van der Waals surface area contributed by atoms with E-state index >= 15 is 0 Å². The lowest BCUT2D eigenvalue weighted by Gasteiger charge is -2.32. The van der Waals surface area contributed by atoms with Gasteiger partial charge in [-0.1, -0.05) is 60.2 Å². The van der Waals surface area contributed by atoms with Gasteiger partial charge in [-0.25, -0.2) is 0 Å². The van der Waals surface area contributed by atoms with Crippen LogP contribution in [0.5, 0.6) is 0 Å². The van der Waals surface area contributed by atoms with Crippen molar-refractivity contribution in [1.29, 1.82) is 0 Å². The maximum absolute atomic E-state index is 12.4. The van der Waals surface area contributed by atoms with E-state index in [4.69, 9.17) is 0 Å². The fraction of sp³-hybridized carbons (Fsp3) is 0.417. The third-order valence-electron chi connectivity index (χ3n) is 5.44. The van der Waals surface area contributed by atoms with E-state index in [9.17, 15) is 9.59 Å². The molecule has 0 aromatic heterocycles. The molecular weight excluding hydrogens is 348 g/mol. The number of hydrogen-bond acceptors (Lipinski definition) is 2. The Morgan fingerprint density at radius 3 is 2.18 bits per heavy atom. The molecule has 1 aliphatic heterocycles. The van der Waals surface area contributed by atoms with Gasteiger partial charge in [0.1, 0.15) is 0 Å². The molecule has 0 spiro atoms. The van der Waals surface area contributed by atoms with Gasteiger partial charge in [0.05, 0.1) is 0 Å². The maximum Gasteiger partial charge on any atom is 0.222 e. The first-order valence-corrected chi connectivity index (χ1v) is 10.3. The lowest BCUT2D eigenvalue weighted by molar-refractivity contribution is -0.132. The molecule has 1 aliphatic rings. The van der Waals surface area contributed by atoms with Crippen LogP contribution in [0.25, 0.3) is 0 Å².